The quantitative estimate of drug-likeness (QED) is 0.182. The minimum absolute atomic E-state index is 0.615. The summed E-state index contributed by atoms with van der Waals surface area (Å²) in [6.45, 7) is 0. The van der Waals surface area contributed by atoms with Gasteiger partial charge in [-0.15, -0.1) is 22.7 Å². The second-order valence-corrected chi connectivity index (χ2v) is 15.9. The van der Waals surface area contributed by atoms with E-state index in [0.29, 0.717) is 5.56 Å². The Morgan fingerprint density at radius 1 is 0.463 bits per heavy atom. The Bertz CT molecular complexity index is 3380. The number of aromatic nitrogens is 3. The van der Waals surface area contributed by atoms with Gasteiger partial charge in [-0.1, -0.05) is 109 Å². The molecule has 5 heterocycles. The summed E-state index contributed by atoms with van der Waals surface area (Å²) >= 11 is 3.69. The van der Waals surface area contributed by atoms with Crippen LogP contribution in [0, 0.1) is 11.3 Å². The third-order valence-corrected chi connectivity index (χ3v) is 13.4. The molecule has 0 saturated carbocycles. The van der Waals surface area contributed by atoms with Crippen LogP contribution in [0.15, 0.2) is 158 Å². The predicted molar refractivity (Wildman–Crippen MR) is 229 cm³/mol. The topological polar surface area (TPSA) is 46.5 Å². The first-order chi connectivity index (χ1) is 26.8. The molecule has 0 radical (unpaired) electrons. The Morgan fingerprint density at radius 3 is 1.48 bits per heavy atom. The lowest BCUT2D eigenvalue weighted by molar-refractivity contribution is 1.10. The fraction of sp³-hybridized carbons (Fsp3) is 0. The molecule has 12 aromatic rings. The van der Waals surface area contributed by atoms with Crippen LogP contribution in [-0.4, -0.2) is 14.1 Å². The number of para-hydroxylation sites is 2. The summed E-state index contributed by atoms with van der Waals surface area (Å²) in [5, 5.41) is 20.0. The van der Waals surface area contributed by atoms with Crippen molar-refractivity contribution in [2.24, 2.45) is 0 Å². The lowest BCUT2D eigenvalue weighted by atomic mass is 10.0. The molecule has 0 aliphatic heterocycles. The summed E-state index contributed by atoms with van der Waals surface area (Å²) in [4.78, 5) is 5.10. The Morgan fingerprint density at radius 2 is 0.944 bits per heavy atom. The van der Waals surface area contributed by atoms with Crippen molar-refractivity contribution in [1.82, 2.24) is 14.1 Å². The van der Waals surface area contributed by atoms with Gasteiger partial charge in [-0.25, -0.2) is 0 Å². The van der Waals surface area contributed by atoms with Crippen LogP contribution in [0.5, 0.6) is 0 Å². The molecule has 0 atom stereocenters. The largest absolute Gasteiger partial charge is 0.306 e. The SMILES string of the molecule is N#Cc1cccc(-c2c(-n3c4ccccc4c4ccc5c6ccccc6sc5c43)cncc2-n2c3ccccc3c3ccc4c5ccccc5sc4c32)c1. The molecule has 0 unspecified atom stereocenters. The molecule has 6 heteroatoms. The van der Waals surface area contributed by atoms with Crippen molar-refractivity contribution < 1.29 is 0 Å². The zero-order valence-electron chi connectivity index (χ0n) is 28.6. The van der Waals surface area contributed by atoms with Crippen LogP contribution < -0.4 is 0 Å². The summed E-state index contributed by atoms with van der Waals surface area (Å²) in [6.07, 6.45) is 4.03. The number of thiophene rings is 2. The molecule has 0 saturated heterocycles. The minimum atomic E-state index is 0.615. The molecule has 0 spiro atoms. The van der Waals surface area contributed by atoms with E-state index in [1.165, 1.54) is 72.9 Å². The van der Waals surface area contributed by atoms with Gasteiger partial charge in [0.1, 0.15) is 0 Å². The first-order valence-corrected chi connectivity index (χ1v) is 19.6. The van der Waals surface area contributed by atoms with Crippen molar-refractivity contribution in [3.63, 3.8) is 0 Å². The lowest BCUT2D eigenvalue weighted by Crippen LogP contribution is -2.05. The first kappa shape index (κ1) is 29.8. The number of benzene rings is 7. The highest BCUT2D eigenvalue weighted by molar-refractivity contribution is 7.27. The number of nitriles is 1. The van der Waals surface area contributed by atoms with E-state index in [1.807, 2.05) is 53.3 Å². The maximum absolute atomic E-state index is 10.2. The average Bonchev–Trinajstić information content (AvgIpc) is 3.98. The molecule has 0 bridgehead atoms. The molecule has 12 rings (SSSR count). The second kappa shape index (κ2) is 11.1. The van der Waals surface area contributed by atoms with E-state index in [-0.39, 0.29) is 0 Å². The van der Waals surface area contributed by atoms with Gasteiger partial charge in [0.2, 0.25) is 0 Å². The summed E-state index contributed by atoms with van der Waals surface area (Å²) < 4.78 is 9.88. The maximum atomic E-state index is 10.2. The van der Waals surface area contributed by atoms with Crippen LogP contribution in [0.1, 0.15) is 5.56 Å². The molecule has 0 aliphatic rings. The van der Waals surface area contributed by atoms with Gasteiger partial charge in [0.05, 0.1) is 66.9 Å². The maximum Gasteiger partial charge on any atom is 0.0991 e. The van der Waals surface area contributed by atoms with Gasteiger partial charge in [-0.3, -0.25) is 4.98 Å². The highest BCUT2D eigenvalue weighted by Gasteiger charge is 2.25. The number of rotatable bonds is 3. The predicted octanol–water partition coefficient (Wildman–Crippen LogP) is 13.6. The van der Waals surface area contributed by atoms with E-state index >= 15 is 0 Å². The monoisotopic (exact) mass is 722 g/mol. The molecular weight excluding hydrogens is 697 g/mol. The number of hydrogen-bond donors (Lipinski definition) is 0. The molecule has 7 aromatic carbocycles. The molecule has 0 amide bonds. The van der Waals surface area contributed by atoms with Crippen LogP contribution >= 0.6 is 22.7 Å². The Labute approximate surface area is 316 Å². The molecule has 0 aliphatic carbocycles. The normalized spacial score (nSPS) is 12.1. The zero-order valence-corrected chi connectivity index (χ0v) is 30.2. The van der Waals surface area contributed by atoms with Gasteiger partial charge in [-0.2, -0.15) is 5.26 Å². The number of hydrogen-bond acceptors (Lipinski definition) is 4. The van der Waals surface area contributed by atoms with Crippen molar-refractivity contribution in [3.8, 4) is 28.6 Å². The fourth-order valence-electron chi connectivity index (χ4n) is 8.78. The summed E-state index contributed by atoms with van der Waals surface area (Å²) in [5.41, 5.74) is 9.09. The number of pyridine rings is 1. The summed E-state index contributed by atoms with van der Waals surface area (Å²) in [5.74, 6) is 0. The molecule has 250 valence electrons. The average molecular weight is 723 g/mol. The Balaban J connectivity index is 1.29. The van der Waals surface area contributed by atoms with Crippen LogP contribution in [0.25, 0.3) is 106 Å². The summed E-state index contributed by atoms with van der Waals surface area (Å²) in [7, 11) is 0. The van der Waals surface area contributed by atoms with Crippen LogP contribution in [0.2, 0.25) is 0 Å². The molecule has 54 heavy (non-hydrogen) atoms. The van der Waals surface area contributed by atoms with Crippen molar-refractivity contribution in [2.45, 2.75) is 0 Å². The van der Waals surface area contributed by atoms with Crippen molar-refractivity contribution in [1.29, 1.82) is 5.26 Å². The summed E-state index contributed by atoms with van der Waals surface area (Å²) in [6, 6.07) is 54.4. The highest BCUT2D eigenvalue weighted by atomic mass is 32.1. The molecule has 0 N–H and O–H groups in total. The van der Waals surface area contributed by atoms with Gasteiger partial charge in [-0.05, 0) is 42.0 Å². The molecule has 4 nitrogen and oxygen atoms in total. The molecular formula is C48H26N4S2. The van der Waals surface area contributed by atoms with Crippen LogP contribution in [0.3, 0.4) is 0 Å². The van der Waals surface area contributed by atoms with Gasteiger partial charge < -0.3 is 9.13 Å². The third-order valence-electron chi connectivity index (χ3n) is 11.0. The Kier molecular flexibility index (Phi) is 6.12. The molecule has 0 fully saturated rings. The fourth-order valence-corrected chi connectivity index (χ4v) is 11.3. The van der Waals surface area contributed by atoms with Crippen LogP contribution in [0.4, 0.5) is 0 Å². The van der Waals surface area contributed by atoms with Crippen molar-refractivity contribution in [2.75, 3.05) is 0 Å². The van der Waals surface area contributed by atoms with Gasteiger partial charge in [0.15, 0.2) is 0 Å². The van der Waals surface area contributed by atoms with Crippen LogP contribution in [-0.2, 0) is 0 Å². The first-order valence-electron chi connectivity index (χ1n) is 17.9. The zero-order chi connectivity index (χ0) is 35.5. The van der Waals surface area contributed by atoms with Crippen molar-refractivity contribution >= 4 is 107 Å². The standard InChI is InChI=1S/C48H26N4S2/c49-25-28-10-9-11-29(24-28)44-40(51-38-16-5-1-12-30(38)34-20-22-36-32-14-3-7-18-42(32)53-47(36)45(34)51)26-50-27-41(44)52-39-17-6-2-13-31(39)35-21-23-37-33-15-4-8-19-43(33)54-48(37)46(35)52/h1-24,26-27H. The Hall–Kier alpha value is -6.78. The van der Waals surface area contributed by atoms with Gasteiger partial charge >= 0.3 is 0 Å². The lowest BCUT2D eigenvalue weighted by Gasteiger charge is -2.20. The van der Waals surface area contributed by atoms with E-state index in [2.05, 4.69) is 143 Å². The van der Waals surface area contributed by atoms with Crippen molar-refractivity contribution in [3.05, 3.63) is 164 Å². The van der Waals surface area contributed by atoms with E-state index in [4.69, 9.17) is 4.98 Å². The van der Waals surface area contributed by atoms with E-state index < -0.39 is 0 Å². The van der Waals surface area contributed by atoms with E-state index in [9.17, 15) is 5.26 Å². The van der Waals surface area contributed by atoms with E-state index in [0.717, 1.165) is 33.5 Å². The molecule has 5 aromatic heterocycles. The second-order valence-electron chi connectivity index (χ2n) is 13.8. The van der Waals surface area contributed by atoms with E-state index in [1.54, 1.807) is 0 Å². The highest BCUT2D eigenvalue weighted by Crippen LogP contribution is 2.47. The smallest absolute Gasteiger partial charge is 0.0991 e. The van der Waals surface area contributed by atoms with Gasteiger partial charge in [0, 0.05) is 58.1 Å². The number of fused-ring (bicyclic) bond motifs is 14. The van der Waals surface area contributed by atoms with Gasteiger partial charge in [0.25, 0.3) is 0 Å². The minimum Gasteiger partial charge on any atom is -0.306 e. The third kappa shape index (κ3) is 3.97. The number of nitrogens with zero attached hydrogens (tertiary/aromatic N) is 4.